The van der Waals surface area contributed by atoms with E-state index in [1.54, 1.807) is 55.5 Å². The number of aliphatic hydroxyl groups is 1. The maximum absolute atomic E-state index is 12.8. The molecule has 1 aliphatic heterocycles. The minimum Gasteiger partial charge on any atom is -0.497 e. The summed E-state index contributed by atoms with van der Waals surface area (Å²) in [6.07, 6.45) is -0.0813. The van der Waals surface area contributed by atoms with Gasteiger partial charge < -0.3 is 19.5 Å². The van der Waals surface area contributed by atoms with E-state index in [1.807, 2.05) is 6.07 Å². The molecule has 1 atom stereocenters. The molecule has 1 heterocycles. The van der Waals surface area contributed by atoms with E-state index >= 15 is 0 Å². The number of ether oxygens (including phenoxy) is 2. The molecule has 0 spiro atoms. The number of nitrogens with zero attached hydrogens (tertiary/aromatic N) is 1. The van der Waals surface area contributed by atoms with E-state index in [9.17, 15) is 9.90 Å². The third kappa shape index (κ3) is 2.87. The lowest BCUT2D eigenvalue weighted by molar-refractivity contribution is 0.0970. The fourth-order valence-electron chi connectivity index (χ4n) is 2.80. The Morgan fingerprint density at radius 3 is 2.39 bits per heavy atom. The second kappa shape index (κ2) is 6.30. The first-order valence-corrected chi connectivity index (χ1v) is 7.46. The molecule has 1 amide bonds. The fraction of sp³-hybridized carbons (Fsp3) is 0.278. The lowest BCUT2D eigenvalue weighted by atomic mass is 9.97. The lowest BCUT2D eigenvalue weighted by Gasteiger charge is -2.32. The summed E-state index contributed by atoms with van der Waals surface area (Å²) in [5, 5.41) is 10.2. The first-order chi connectivity index (χ1) is 11.1. The molecule has 0 aromatic heterocycles. The van der Waals surface area contributed by atoms with Gasteiger partial charge in [0.05, 0.1) is 26.0 Å². The van der Waals surface area contributed by atoms with E-state index in [0.717, 1.165) is 11.3 Å². The highest BCUT2D eigenvalue weighted by Gasteiger charge is 2.28. The van der Waals surface area contributed by atoms with Gasteiger partial charge in [-0.1, -0.05) is 0 Å². The van der Waals surface area contributed by atoms with Crippen molar-refractivity contribution < 1.29 is 19.4 Å². The van der Waals surface area contributed by atoms with Crippen LogP contribution in [0.3, 0.4) is 0 Å². The highest BCUT2D eigenvalue weighted by molar-refractivity contribution is 6.06. The predicted octanol–water partition coefficient (Wildman–Crippen LogP) is 2.79. The van der Waals surface area contributed by atoms with E-state index < -0.39 is 6.10 Å². The van der Waals surface area contributed by atoms with Gasteiger partial charge in [-0.05, 0) is 48.9 Å². The normalized spacial score (nSPS) is 16.7. The number of benzene rings is 2. The monoisotopic (exact) mass is 313 g/mol. The zero-order valence-electron chi connectivity index (χ0n) is 13.2. The van der Waals surface area contributed by atoms with Gasteiger partial charge in [0.1, 0.15) is 11.5 Å². The standard InChI is InChI=1S/C18H19NO4/c1-22-13-5-3-12(4-6-13)18(21)19-10-9-17(20)15-11-14(23-2)7-8-16(15)19/h3-8,11,17,20H,9-10H2,1-2H3. The number of methoxy groups -OCH3 is 2. The van der Waals surface area contributed by atoms with Crippen molar-refractivity contribution in [3.8, 4) is 11.5 Å². The van der Waals surface area contributed by atoms with Crippen molar-refractivity contribution in [1.82, 2.24) is 0 Å². The van der Waals surface area contributed by atoms with Crippen molar-refractivity contribution in [2.75, 3.05) is 25.7 Å². The molecule has 5 nitrogen and oxygen atoms in total. The summed E-state index contributed by atoms with van der Waals surface area (Å²) in [6.45, 7) is 0.478. The van der Waals surface area contributed by atoms with E-state index in [4.69, 9.17) is 9.47 Å². The summed E-state index contributed by atoms with van der Waals surface area (Å²) >= 11 is 0. The summed E-state index contributed by atoms with van der Waals surface area (Å²) in [5.74, 6) is 1.29. The van der Waals surface area contributed by atoms with Crippen LogP contribution in [0.25, 0.3) is 0 Å². The van der Waals surface area contributed by atoms with Crippen LogP contribution in [0.5, 0.6) is 11.5 Å². The maximum Gasteiger partial charge on any atom is 0.258 e. The molecule has 1 unspecified atom stereocenters. The molecule has 0 bridgehead atoms. The number of anilines is 1. The Hall–Kier alpha value is -2.53. The average molecular weight is 313 g/mol. The second-order valence-electron chi connectivity index (χ2n) is 5.41. The van der Waals surface area contributed by atoms with Crippen LogP contribution in [0.4, 0.5) is 5.69 Å². The van der Waals surface area contributed by atoms with Crippen molar-refractivity contribution in [2.45, 2.75) is 12.5 Å². The number of carbonyl (C=O) groups excluding carboxylic acids is 1. The molecule has 0 saturated carbocycles. The summed E-state index contributed by atoms with van der Waals surface area (Å²) in [7, 11) is 3.17. The summed E-state index contributed by atoms with van der Waals surface area (Å²) in [5.41, 5.74) is 2.03. The molecule has 1 N–H and O–H groups in total. The molecule has 0 aliphatic carbocycles. The maximum atomic E-state index is 12.8. The number of aliphatic hydroxyl groups excluding tert-OH is 1. The number of hydrogen-bond acceptors (Lipinski definition) is 4. The number of hydrogen-bond donors (Lipinski definition) is 1. The highest BCUT2D eigenvalue weighted by Crippen LogP contribution is 2.37. The van der Waals surface area contributed by atoms with Crippen molar-refractivity contribution in [3.63, 3.8) is 0 Å². The van der Waals surface area contributed by atoms with Crippen molar-refractivity contribution in [3.05, 3.63) is 53.6 Å². The van der Waals surface area contributed by atoms with Gasteiger partial charge in [0.2, 0.25) is 0 Å². The van der Waals surface area contributed by atoms with Crippen LogP contribution in [-0.4, -0.2) is 31.8 Å². The van der Waals surface area contributed by atoms with E-state index in [1.165, 1.54) is 0 Å². The Labute approximate surface area is 135 Å². The number of amides is 1. The highest BCUT2D eigenvalue weighted by atomic mass is 16.5. The molecule has 120 valence electrons. The Morgan fingerprint density at radius 2 is 1.74 bits per heavy atom. The molecule has 2 aromatic carbocycles. The number of carbonyl (C=O) groups is 1. The quantitative estimate of drug-likeness (QED) is 0.946. The largest absolute Gasteiger partial charge is 0.497 e. The molecule has 3 rings (SSSR count). The van der Waals surface area contributed by atoms with Crippen LogP contribution in [0.2, 0.25) is 0 Å². The second-order valence-corrected chi connectivity index (χ2v) is 5.41. The molecular formula is C18H19NO4. The topological polar surface area (TPSA) is 59.0 Å². The minimum atomic E-state index is -0.583. The van der Waals surface area contributed by atoms with Crippen molar-refractivity contribution >= 4 is 11.6 Å². The molecule has 0 saturated heterocycles. The zero-order chi connectivity index (χ0) is 16.4. The van der Waals surface area contributed by atoms with Crippen LogP contribution >= 0.6 is 0 Å². The predicted molar refractivity (Wildman–Crippen MR) is 87.2 cm³/mol. The van der Waals surface area contributed by atoms with Gasteiger partial charge in [0, 0.05) is 17.7 Å². The Bertz CT molecular complexity index is 711. The van der Waals surface area contributed by atoms with Gasteiger partial charge in [0.15, 0.2) is 0 Å². The van der Waals surface area contributed by atoms with Gasteiger partial charge in [-0.15, -0.1) is 0 Å². The van der Waals surface area contributed by atoms with E-state index in [2.05, 4.69) is 0 Å². The zero-order valence-corrected chi connectivity index (χ0v) is 13.2. The van der Waals surface area contributed by atoms with Gasteiger partial charge in [0.25, 0.3) is 5.91 Å². The fourth-order valence-corrected chi connectivity index (χ4v) is 2.80. The third-order valence-electron chi connectivity index (χ3n) is 4.09. The summed E-state index contributed by atoms with van der Waals surface area (Å²) < 4.78 is 10.3. The Morgan fingerprint density at radius 1 is 1.09 bits per heavy atom. The van der Waals surface area contributed by atoms with Crippen LogP contribution in [0, 0.1) is 0 Å². The number of rotatable bonds is 3. The number of fused-ring (bicyclic) bond motifs is 1. The van der Waals surface area contributed by atoms with Gasteiger partial charge in [-0.3, -0.25) is 4.79 Å². The molecular weight excluding hydrogens is 294 g/mol. The Kier molecular flexibility index (Phi) is 4.21. The average Bonchev–Trinajstić information content (AvgIpc) is 2.61. The third-order valence-corrected chi connectivity index (χ3v) is 4.09. The molecule has 5 heteroatoms. The first kappa shape index (κ1) is 15.4. The summed E-state index contributed by atoms with van der Waals surface area (Å²) in [6, 6.07) is 12.4. The van der Waals surface area contributed by atoms with Crippen LogP contribution in [0.15, 0.2) is 42.5 Å². The summed E-state index contributed by atoms with van der Waals surface area (Å²) in [4.78, 5) is 14.5. The van der Waals surface area contributed by atoms with Crippen LogP contribution in [0.1, 0.15) is 28.4 Å². The Balaban J connectivity index is 1.94. The SMILES string of the molecule is COc1ccc(C(=O)N2CCC(O)c3cc(OC)ccc32)cc1. The molecule has 2 aromatic rings. The first-order valence-electron chi connectivity index (χ1n) is 7.46. The van der Waals surface area contributed by atoms with E-state index in [0.29, 0.717) is 30.0 Å². The van der Waals surface area contributed by atoms with Gasteiger partial charge in [-0.25, -0.2) is 0 Å². The molecule has 0 fully saturated rings. The van der Waals surface area contributed by atoms with Gasteiger partial charge >= 0.3 is 0 Å². The van der Waals surface area contributed by atoms with Crippen LogP contribution in [-0.2, 0) is 0 Å². The molecule has 1 aliphatic rings. The minimum absolute atomic E-state index is 0.0917. The molecule has 0 radical (unpaired) electrons. The van der Waals surface area contributed by atoms with Crippen molar-refractivity contribution in [2.24, 2.45) is 0 Å². The van der Waals surface area contributed by atoms with E-state index in [-0.39, 0.29) is 5.91 Å². The molecule has 23 heavy (non-hydrogen) atoms. The van der Waals surface area contributed by atoms with Gasteiger partial charge in [-0.2, -0.15) is 0 Å². The smallest absolute Gasteiger partial charge is 0.258 e. The lowest BCUT2D eigenvalue weighted by Crippen LogP contribution is -2.36. The van der Waals surface area contributed by atoms with Crippen molar-refractivity contribution in [1.29, 1.82) is 0 Å². The van der Waals surface area contributed by atoms with Crippen LogP contribution < -0.4 is 14.4 Å².